The fourth-order valence-corrected chi connectivity index (χ4v) is 3.90. The van der Waals surface area contributed by atoms with Crippen LogP contribution in [-0.2, 0) is 9.53 Å². The number of ether oxygens (including phenoxy) is 1. The molecule has 1 atom stereocenters. The van der Waals surface area contributed by atoms with Gasteiger partial charge in [0.2, 0.25) is 6.35 Å². The quantitative estimate of drug-likeness (QED) is 0.799. The van der Waals surface area contributed by atoms with Crippen LogP contribution >= 0.6 is 11.5 Å². The van der Waals surface area contributed by atoms with Gasteiger partial charge in [0.25, 0.3) is 5.91 Å². The number of hydrogen-bond acceptors (Lipinski definition) is 5. The molecule has 1 aromatic carbocycles. The number of alkyl halides is 3. The van der Waals surface area contributed by atoms with Gasteiger partial charge in [0.05, 0.1) is 10.4 Å². The first-order chi connectivity index (χ1) is 12.1. The summed E-state index contributed by atoms with van der Waals surface area (Å²) in [6.45, 7) is 4.02. The number of nitrogens with zero attached hydrogens (tertiary/aromatic N) is 3. The van der Waals surface area contributed by atoms with E-state index in [4.69, 9.17) is 4.74 Å². The Morgan fingerprint density at radius 1 is 1.31 bits per heavy atom. The molecule has 1 aliphatic heterocycles. The smallest absolute Gasteiger partial charge is 0.343 e. The van der Waals surface area contributed by atoms with Crippen molar-refractivity contribution in [2.24, 2.45) is 0 Å². The van der Waals surface area contributed by atoms with Crippen LogP contribution in [0.3, 0.4) is 0 Å². The van der Waals surface area contributed by atoms with Crippen molar-refractivity contribution in [2.75, 3.05) is 19.1 Å². The zero-order chi connectivity index (χ0) is 19.2. The first-order valence-corrected chi connectivity index (χ1v) is 8.69. The van der Waals surface area contributed by atoms with Crippen LogP contribution in [-0.4, -0.2) is 41.9 Å². The number of rotatable bonds is 3. The standard InChI is InChI=1S/C17H18F3N3O2S/c1-9(2)15-11-7-10(5-6-12(11)26-21-15)23-14(24)8-13(17(18,19)20)22(3)16(23)25-4/h5-9,16H,1-4H3. The Morgan fingerprint density at radius 3 is 2.58 bits per heavy atom. The van der Waals surface area contributed by atoms with E-state index in [1.807, 2.05) is 19.9 Å². The minimum absolute atomic E-state index is 0.189. The van der Waals surface area contributed by atoms with Gasteiger partial charge in [0.15, 0.2) is 0 Å². The molecule has 5 nitrogen and oxygen atoms in total. The van der Waals surface area contributed by atoms with Crippen molar-refractivity contribution in [1.82, 2.24) is 9.27 Å². The van der Waals surface area contributed by atoms with Crippen LogP contribution < -0.4 is 4.90 Å². The lowest BCUT2D eigenvalue weighted by Crippen LogP contribution is -2.55. The summed E-state index contributed by atoms with van der Waals surface area (Å²) < 4.78 is 50.1. The van der Waals surface area contributed by atoms with Crippen LogP contribution in [0.2, 0.25) is 0 Å². The van der Waals surface area contributed by atoms with Gasteiger partial charge < -0.3 is 9.64 Å². The molecule has 26 heavy (non-hydrogen) atoms. The molecule has 1 aromatic heterocycles. The fourth-order valence-electron chi connectivity index (χ4n) is 3.00. The summed E-state index contributed by atoms with van der Waals surface area (Å²) in [5.74, 6) is -0.593. The average Bonchev–Trinajstić information content (AvgIpc) is 2.98. The van der Waals surface area contributed by atoms with Crippen molar-refractivity contribution >= 4 is 33.2 Å². The number of amides is 1. The molecule has 0 saturated heterocycles. The van der Waals surface area contributed by atoms with E-state index < -0.39 is 24.1 Å². The highest BCUT2D eigenvalue weighted by Gasteiger charge is 2.45. The van der Waals surface area contributed by atoms with E-state index in [1.165, 1.54) is 30.6 Å². The third kappa shape index (κ3) is 3.05. The van der Waals surface area contributed by atoms with E-state index in [2.05, 4.69) is 4.37 Å². The first kappa shape index (κ1) is 18.7. The number of allylic oxidation sites excluding steroid dienone is 1. The highest BCUT2D eigenvalue weighted by Crippen LogP contribution is 2.37. The second kappa shape index (κ2) is 6.55. The molecule has 3 rings (SSSR count). The topological polar surface area (TPSA) is 45.7 Å². The Kier molecular flexibility index (Phi) is 4.70. The fraction of sp³-hybridized carbons (Fsp3) is 0.412. The number of methoxy groups -OCH3 is 1. The SMILES string of the molecule is COC1N(C)C(C(F)(F)F)=CC(=O)N1c1ccc2snc(C(C)C)c2c1. The average molecular weight is 385 g/mol. The Balaban J connectivity index is 2.10. The lowest BCUT2D eigenvalue weighted by atomic mass is 10.1. The van der Waals surface area contributed by atoms with Gasteiger partial charge >= 0.3 is 6.18 Å². The molecule has 2 heterocycles. The van der Waals surface area contributed by atoms with Gasteiger partial charge in [-0.3, -0.25) is 9.69 Å². The Hall–Kier alpha value is -2.13. The normalized spacial score (nSPS) is 18.8. The number of carbonyl (C=O) groups excluding carboxylic acids is 1. The van der Waals surface area contributed by atoms with Gasteiger partial charge in [-0.1, -0.05) is 13.8 Å². The molecule has 140 valence electrons. The maximum absolute atomic E-state index is 13.2. The second-order valence-corrected chi connectivity index (χ2v) is 7.12. The number of halogens is 3. The second-order valence-electron chi connectivity index (χ2n) is 6.31. The zero-order valence-electron chi connectivity index (χ0n) is 14.7. The monoisotopic (exact) mass is 385 g/mol. The van der Waals surface area contributed by atoms with Gasteiger partial charge in [-0.05, 0) is 35.6 Å². The van der Waals surface area contributed by atoms with E-state index >= 15 is 0 Å². The Bertz CT molecular complexity index is 876. The molecule has 9 heteroatoms. The molecule has 0 fully saturated rings. The van der Waals surface area contributed by atoms with Crippen molar-refractivity contribution in [3.63, 3.8) is 0 Å². The van der Waals surface area contributed by atoms with Crippen molar-refractivity contribution in [3.8, 4) is 0 Å². The third-order valence-corrected chi connectivity index (χ3v) is 5.08. The minimum Gasteiger partial charge on any atom is -0.343 e. The lowest BCUT2D eigenvalue weighted by molar-refractivity contribution is -0.142. The van der Waals surface area contributed by atoms with Crippen molar-refractivity contribution in [1.29, 1.82) is 0 Å². The summed E-state index contributed by atoms with van der Waals surface area (Å²) in [5, 5.41) is 0.887. The molecule has 0 radical (unpaired) electrons. The first-order valence-electron chi connectivity index (χ1n) is 7.92. The van der Waals surface area contributed by atoms with Gasteiger partial charge in [-0.15, -0.1) is 0 Å². The number of hydrogen-bond donors (Lipinski definition) is 0. The molecule has 1 unspecified atom stereocenters. The summed E-state index contributed by atoms with van der Waals surface area (Å²) in [6, 6.07) is 5.28. The zero-order valence-corrected chi connectivity index (χ0v) is 15.5. The van der Waals surface area contributed by atoms with E-state index in [-0.39, 0.29) is 5.92 Å². The van der Waals surface area contributed by atoms with E-state index in [9.17, 15) is 18.0 Å². The van der Waals surface area contributed by atoms with E-state index in [0.29, 0.717) is 11.8 Å². The molecular formula is C17H18F3N3O2S. The van der Waals surface area contributed by atoms with Crippen LogP contribution in [0.1, 0.15) is 25.5 Å². The van der Waals surface area contributed by atoms with Crippen LogP contribution in [0.25, 0.3) is 10.1 Å². The predicted molar refractivity (Wildman–Crippen MR) is 93.9 cm³/mol. The molecule has 2 aromatic rings. The lowest BCUT2D eigenvalue weighted by Gasteiger charge is -2.41. The Labute approximate surface area is 152 Å². The molecule has 0 saturated carbocycles. The Morgan fingerprint density at radius 2 is 2.00 bits per heavy atom. The van der Waals surface area contributed by atoms with Crippen molar-refractivity contribution < 1.29 is 22.7 Å². The molecule has 0 spiro atoms. The van der Waals surface area contributed by atoms with Crippen molar-refractivity contribution in [3.05, 3.63) is 35.7 Å². The van der Waals surface area contributed by atoms with Crippen LogP contribution in [0, 0.1) is 0 Å². The molecule has 0 N–H and O–H groups in total. The van der Waals surface area contributed by atoms with Crippen LogP contribution in [0.5, 0.6) is 0 Å². The van der Waals surface area contributed by atoms with Gasteiger partial charge in [0, 0.05) is 31.3 Å². The number of carbonyl (C=O) groups is 1. The van der Waals surface area contributed by atoms with Gasteiger partial charge in [-0.25, -0.2) is 0 Å². The highest BCUT2D eigenvalue weighted by atomic mass is 32.1. The largest absolute Gasteiger partial charge is 0.431 e. The maximum atomic E-state index is 13.2. The van der Waals surface area contributed by atoms with Crippen molar-refractivity contribution in [2.45, 2.75) is 32.3 Å². The molecule has 0 aliphatic carbocycles. The number of benzene rings is 1. The molecule has 1 aliphatic rings. The predicted octanol–water partition coefficient (Wildman–Crippen LogP) is 4.07. The van der Waals surface area contributed by atoms with E-state index in [0.717, 1.165) is 20.7 Å². The third-order valence-electron chi connectivity index (χ3n) is 4.24. The number of anilines is 1. The molecule has 1 amide bonds. The number of aromatic nitrogens is 1. The molecular weight excluding hydrogens is 367 g/mol. The van der Waals surface area contributed by atoms with Gasteiger partial charge in [0.1, 0.15) is 5.70 Å². The summed E-state index contributed by atoms with van der Waals surface area (Å²) in [5.41, 5.74) is 0.317. The summed E-state index contributed by atoms with van der Waals surface area (Å²) in [4.78, 5) is 14.6. The molecule has 0 bridgehead atoms. The highest BCUT2D eigenvalue weighted by molar-refractivity contribution is 7.13. The maximum Gasteiger partial charge on any atom is 0.431 e. The number of fused-ring (bicyclic) bond motifs is 1. The minimum atomic E-state index is -4.64. The summed E-state index contributed by atoms with van der Waals surface area (Å²) in [6.07, 6.45) is -5.25. The van der Waals surface area contributed by atoms with Gasteiger partial charge in [-0.2, -0.15) is 17.5 Å². The summed E-state index contributed by atoms with van der Waals surface area (Å²) >= 11 is 1.35. The summed E-state index contributed by atoms with van der Waals surface area (Å²) in [7, 11) is 2.52. The van der Waals surface area contributed by atoms with Crippen LogP contribution in [0.15, 0.2) is 30.0 Å². The van der Waals surface area contributed by atoms with Crippen LogP contribution in [0.4, 0.5) is 18.9 Å². The van der Waals surface area contributed by atoms with E-state index in [1.54, 1.807) is 12.1 Å².